The summed E-state index contributed by atoms with van der Waals surface area (Å²) in [7, 11) is 0. The maximum absolute atomic E-state index is 11.0. The molecular formula is C13H18O. The highest BCUT2D eigenvalue weighted by Gasteiger charge is 1.89. The molecular weight excluding hydrogens is 172 g/mol. The third-order valence-corrected chi connectivity index (χ3v) is 1.65. The Morgan fingerprint density at radius 2 is 1.79 bits per heavy atom. The van der Waals surface area contributed by atoms with Crippen molar-refractivity contribution in [3.8, 4) is 0 Å². The van der Waals surface area contributed by atoms with Crippen LogP contribution in [0.4, 0.5) is 0 Å². The van der Waals surface area contributed by atoms with Crippen molar-refractivity contribution in [2.24, 2.45) is 0 Å². The van der Waals surface area contributed by atoms with Crippen molar-refractivity contribution in [2.75, 3.05) is 0 Å². The Kier molecular flexibility index (Phi) is 7.43. The van der Waals surface area contributed by atoms with Gasteiger partial charge in [0, 0.05) is 6.42 Å². The number of carbonyl (C=O) groups excluding carboxylic acids is 1. The van der Waals surface area contributed by atoms with E-state index in [0.29, 0.717) is 6.42 Å². The maximum atomic E-state index is 11.0. The molecule has 0 N–H and O–H groups in total. The van der Waals surface area contributed by atoms with Gasteiger partial charge in [-0.25, -0.2) is 0 Å². The molecule has 1 nitrogen and oxygen atoms in total. The number of rotatable bonds is 5. The summed E-state index contributed by atoms with van der Waals surface area (Å²) in [6.07, 6.45) is 13.8. The van der Waals surface area contributed by atoms with E-state index in [0.717, 1.165) is 5.57 Å². The van der Waals surface area contributed by atoms with Crippen molar-refractivity contribution in [2.45, 2.75) is 27.2 Å². The molecule has 0 saturated carbocycles. The van der Waals surface area contributed by atoms with Crippen molar-refractivity contribution < 1.29 is 4.79 Å². The summed E-state index contributed by atoms with van der Waals surface area (Å²) in [5.41, 5.74) is 1.03. The lowest BCUT2D eigenvalue weighted by molar-refractivity contribution is -0.114. The normalized spacial score (nSPS) is 13.5. The number of allylic oxidation sites excluding steroid dienone is 8. The zero-order valence-corrected chi connectivity index (χ0v) is 9.16. The molecule has 76 valence electrons. The minimum absolute atomic E-state index is 0.154. The fourth-order valence-electron chi connectivity index (χ4n) is 0.873. The summed E-state index contributed by atoms with van der Waals surface area (Å²) in [6.45, 7) is 5.78. The molecule has 14 heavy (non-hydrogen) atoms. The maximum Gasteiger partial charge on any atom is 0.155 e. The van der Waals surface area contributed by atoms with Crippen molar-refractivity contribution >= 4 is 5.78 Å². The highest BCUT2D eigenvalue weighted by atomic mass is 16.1. The quantitative estimate of drug-likeness (QED) is 0.478. The van der Waals surface area contributed by atoms with Crippen LogP contribution in [0.1, 0.15) is 27.2 Å². The topological polar surface area (TPSA) is 17.1 Å². The first-order chi connectivity index (χ1) is 6.74. The van der Waals surface area contributed by atoms with Gasteiger partial charge in [0.2, 0.25) is 0 Å². The molecule has 0 aliphatic carbocycles. The fraction of sp³-hybridized carbons (Fsp3) is 0.308. The molecule has 0 saturated heterocycles. The average Bonchev–Trinajstić information content (AvgIpc) is 2.21. The van der Waals surface area contributed by atoms with Crippen LogP contribution in [-0.2, 0) is 4.79 Å². The van der Waals surface area contributed by atoms with Crippen LogP contribution in [-0.4, -0.2) is 5.78 Å². The van der Waals surface area contributed by atoms with Gasteiger partial charge in [-0.3, -0.25) is 4.79 Å². The molecule has 0 heterocycles. The van der Waals surface area contributed by atoms with Crippen LogP contribution in [0.5, 0.6) is 0 Å². The summed E-state index contributed by atoms with van der Waals surface area (Å²) in [5.74, 6) is 0.154. The van der Waals surface area contributed by atoms with E-state index in [4.69, 9.17) is 0 Å². The summed E-state index contributed by atoms with van der Waals surface area (Å²) < 4.78 is 0. The van der Waals surface area contributed by atoms with Gasteiger partial charge in [-0.2, -0.15) is 0 Å². The molecule has 0 aliphatic heterocycles. The van der Waals surface area contributed by atoms with E-state index < -0.39 is 0 Å². The number of ketones is 1. The highest BCUT2D eigenvalue weighted by Crippen LogP contribution is 2.01. The molecule has 1 heteroatoms. The summed E-state index contributed by atoms with van der Waals surface area (Å²) in [6, 6.07) is 0. The Bertz CT molecular complexity index is 278. The van der Waals surface area contributed by atoms with E-state index in [2.05, 4.69) is 0 Å². The van der Waals surface area contributed by atoms with Crippen LogP contribution in [0.15, 0.2) is 48.1 Å². The Hall–Kier alpha value is -1.37. The van der Waals surface area contributed by atoms with E-state index in [9.17, 15) is 4.79 Å². The molecule has 0 radical (unpaired) electrons. The van der Waals surface area contributed by atoms with Crippen molar-refractivity contribution in [1.82, 2.24) is 0 Å². The molecule has 0 atom stereocenters. The molecule has 0 unspecified atom stereocenters. The van der Waals surface area contributed by atoms with Gasteiger partial charge in [-0.15, -0.1) is 0 Å². The molecule has 0 aromatic rings. The highest BCUT2D eigenvalue weighted by molar-refractivity contribution is 5.89. The second kappa shape index (κ2) is 8.24. The van der Waals surface area contributed by atoms with E-state index in [1.54, 1.807) is 6.08 Å². The van der Waals surface area contributed by atoms with E-state index >= 15 is 0 Å². The van der Waals surface area contributed by atoms with Gasteiger partial charge in [0.1, 0.15) is 0 Å². The molecule has 0 aromatic carbocycles. The second-order valence-electron chi connectivity index (χ2n) is 2.85. The summed E-state index contributed by atoms with van der Waals surface area (Å²) >= 11 is 0. The van der Waals surface area contributed by atoms with Gasteiger partial charge in [-0.05, 0) is 25.5 Å². The van der Waals surface area contributed by atoms with E-state index in [1.807, 2.05) is 57.2 Å². The molecule has 0 fully saturated rings. The SMILES string of the molecule is C\C=C/C(/C=C/C(=O)CC)=C\C=C\C. The zero-order valence-electron chi connectivity index (χ0n) is 9.16. The third-order valence-electron chi connectivity index (χ3n) is 1.65. The van der Waals surface area contributed by atoms with Crippen LogP contribution < -0.4 is 0 Å². The predicted octanol–water partition coefficient (Wildman–Crippen LogP) is 3.60. The summed E-state index contributed by atoms with van der Waals surface area (Å²) in [4.78, 5) is 11.0. The van der Waals surface area contributed by atoms with Gasteiger partial charge in [0.25, 0.3) is 0 Å². The monoisotopic (exact) mass is 190 g/mol. The lowest BCUT2D eigenvalue weighted by atomic mass is 10.1. The molecule has 0 bridgehead atoms. The lowest BCUT2D eigenvalue weighted by Gasteiger charge is -1.91. The lowest BCUT2D eigenvalue weighted by Crippen LogP contribution is -1.87. The number of carbonyl (C=O) groups is 1. The van der Waals surface area contributed by atoms with Crippen LogP contribution >= 0.6 is 0 Å². The van der Waals surface area contributed by atoms with Crippen LogP contribution in [0, 0.1) is 0 Å². The number of hydrogen-bond donors (Lipinski definition) is 0. The summed E-state index contributed by atoms with van der Waals surface area (Å²) in [5, 5.41) is 0. The fourth-order valence-corrected chi connectivity index (χ4v) is 0.873. The van der Waals surface area contributed by atoms with Crippen LogP contribution in [0.25, 0.3) is 0 Å². The Labute approximate surface area is 86.5 Å². The number of hydrogen-bond acceptors (Lipinski definition) is 1. The molecule has 0 rings (SSSR count). The van der Waals surface area contributed by atoms with E-state index in [1.165, 1.54) is 0 Å². The first-order valence-corrected chi connectivity index (χ1v) is 4.91. The minimum atomic E-state index is 0.154. The zero-order chi connectivity index (χ0) is 10.8. The second-order valence-corrected chi connectivity index (χ2v) is 2.85. The predicted molar refractivity (Wildman–Crippen MR) is 62.1 cm³/mol. The Balaban J connectivity index is 4.52. The first-order valence-electron chi connectivity index (χ1n) is 4.91. The van der Waals surface area contributed by atoms with Gasteiger partial charge >= 0.3 is 0 Å². The van der Waals surface area contributed by atoms with Gasteiger partial charge in [-0.1, -0.05) is 43.4 Å². The smallest absolute Gasteiger partial charge is 0.155 e. The van der Waals surface area contributed by atoms with Crippen LogP contribution in [0.3, 0.4) is 0 Å². The molecule has 0 amide bonds. The molecule has 0 aromatic heterocycles. The standard InChI is InChI=1S/C13H18O/c1-4-7-9-12(8-5-2)10-11-13(14)6-3/h4-5,7-11H,6H2,1-3H3/b7-4+,8-5-,11-10+,12-9+. The van der Waals surface area contributed by atoms with Crippen molar-refractivity contribution in [3.63, 3.8) is 0 Å². The van der Waals surface area contributed by atoms with E-state index in [-0.39, 0.29) is 5.78 Å². The van der Waals surface area contributed by atoms with Crippen molar-refractivity contribution in [1.29, 1.82) is 0 Å². The van der Waals surface area contributed by atoms with Crippen molar-refractivity contribution in [3.05, 3.63) is 48.1 Å². The molecule has 0 aliphatic rings. The largest absolute Gasteiger partial charge is 0.295 e. The Morgan fingerprint density at radius 1 is 1.07 bits per heavy atom. The average molecular weight is 190 g/mol. The van der Waals surface area contributed by atoms with Gasteiger partial charge in [0.15, 0.2) is 5.78 Å². The molecule has 0 spiro atoms. The minimum Gasteiger partial charge on any atom is -0.295 e. The van der Waals surface area contributed by atoms with Gasteiger partial charge in [0.05, 0.1) is 0 Å². The van der Waals surface area contributed by atoms with Gasteiger partial charge < -0.3 is 0 Å². The first kappa shape index (κ1) is 12.6. The third kappa shape index (κ3) is 6.18. The Morgan fingerprint density at radius 3 is 2.29 bits per heavy atom. The van der Waals surface area contributed by atoms with Crippen LogP contribution in [0.2, 0.25) is 0 Å².